The van der Waals surface area contributed by atoms with Crippen molar-refractivity contribution in [2.24, 2.45) is 46.3 Å². The standard InChI is InChI=1S/C25H38B4O5/c1-22-11-9-16-19(15(22)7-6-13(22)4-3-5-18(31)32)24(26,34)20(21(33)25(27,28)29)17-12-14(30)8-10-23(16,17)2/h13-17,19-21,30,33-34H,3-12H2,1-2H3,(H,31,32)/t13?,14-,15?,16?,17?,19?,20+,21?,22?,23?,24+/m1/s1. The first-order chi connectivity index (χ1) is 15.6. The lowest BCUT2D eigenvalue weighted by molar-refractivity contribution is -0.237. The summed E-state index contributed by atoms with van der Waals surface area (Å²) in [5.41, 5.74) is -2.02. The lowest BCUT2D eigenvalue weighted by atomic mass is 9.31. The SMILES string of the molecule is [B]C([B])([B])C(O)[C@@H]1C2C[C@H](O)CCC2(C)C2CCC3(C)C(CCCC(=O)O)CCC3C2[C@]1([B])O. The second kappa shape index (κ2) is 8.87. The van der Waals surface area contributed by atoms with Crippen LogP contribution in [0, 0.1) is 46.3 Å². The van der Waals surface area contributed by atoms with Crippen molar-refractivity contribution in [3.05, 3.63) is 0 Å². The van der Waals surface area contributed by atoms with Crippen LogP contribution >= 0.6 is 0 Å². The number of carboxylic acid groups (broad SMARTS) is 1. The number of carbonyl (C=O) groups is 1. The van der Waals surface area contributed by atoms with Crippen molar-refractivity contribution >= 4 is 37.4 Å². The quantitative estimate of drug-likeness (QED) is 0.453. The molecule has 180 valence electrons. The van der Waals surface area contributed by atoms with Crippen LogP contribution in [0.2, 0.25) is 5.11 Å². The molecule has 34 heavy (non-hydrogen) atoms. The fourth-order valence-electron chi connectivity index (χ4n) is 9.30. The minimum Gasteiger partial charge on any atom is -0.481 e. The summed E-state index contributed by atoms with van der Waals surface area (Å²) in [4.78, 5) is 11.1. The van der Waals surface area contributed by atoms with Crippen LogP contribution in [0.15, 0.2) is 0 Å². The Balaban J connectivity index is 1.72. The molecule has 0 aliphatic heterocycles. The van der Waals surface area contributed by atoms with Gasteiger partial charge in [0.05, 0.1) is 29.6 Å². The van der Waals surface area contributed by atoms with Gasteiger partial charge >= 0.3 is 5.97 Å². The van der Waals surface area contributed by atoms with Gasteiger partial charge in [0.2, 0.25) is 0 Å². The Hall–Kier alpha value is -0.390. The van der Waals surface area contributed by atoms with E-state index in [9.17, 15) is 20.1 Å². The number of aliphatic carboxylic acids is 1. The van der Waals surface area contributed by atoms with Crippen LogP contribution in [0.5, 0.6) is 0 Å². The van der Waals surface area contributed by atoms with Crippen LogP contribution < -0.4 is 0 Å². The van der Waals surface area contributed by atoms with E-state index < -0.39 is 34.7 Å². The Kier molecular flexibility index (Phi) is 6.96. The molecule has 4 rings (SSSR count). The van der Waals surface area contributed by atoms with Gasteiger partial charge < -0.3 is 20.4 Å². The lowest BCUT2D eigenvalue weighted by Gasteiger charge is -2.69. The normalized spacial score (nSPS) is 49.5. The maximum Gasteiger partial charge on any atom is 0.303 e. The van der Waals surface area contributed by atoms with Crippen LogP contribution in [0.4, 0.5) is 0 Å². The molecule has 0 aromatic heterocycles. The van der Waals surface area contributed by atoms with E-state index in [2.05, 4.69) is 13.8 Å². The fraction of sp³-hybridized carbons (Fsp3) is 0.960. The van der Waals surface area contributed by atoms with Gasteiger partial charge in [-0.2, -0.15) is 0 Å². The molecule has 0 spiro atoms. The van der Waals surface area contributed by atoms with Gasteiger partial charge in [0, 0.05) is 23.9 Å². The average molecular weight is 462 g/mol. The molecule has 11 atom stereocenters. The maximum atomic E-state index is 12.1. The van der Waals surface area contributed by atoms with Gasteiger partial charge in [-0.15, -0.1) is 5.11 Å². The van der Waals surface area contributed by atoms with E-state index in [0.717, 1.165) is 38.5 Å². The highest BCUT2D eigenvalue weighted by Crippen LogP contribution is 2.71. The highest BCUT2D eigenvalue weighted by molar-refractivity contribution is 6.59. The lowest BCUT2D eigenvalue weighted by Crippen LogP contribution is -2.71. The molecule has 8 unspecified atom stereocenters. The van der Waals surface area contributed by atoms with E-state index in [0.29, 0.717) is 25.2 Å². The molecule has 0 bridgehead atoms. The number of rotatable bonds is 6. The third kappa shape index (κ3) is 4.14. The maximum absolute atomic E-state index is 12.1. The van der Waals surface area contributed by atoms with Crippen LogP contribution in [0.25, 0.3) is 0 Å². The highest BCUT2D eigenvalue weighted by Gasteiger charge is 2.69. The number of fused-ring (bicyclic) bond motifs is 5. The Morgan fingerprint density at radius 1 is 1.03 bits per heavy atom. The summed E-state index contributed by atoms with van der Waals surface area (Å²) >= 11 is 0. The predicted octanol–water partition coefficient (Wildman–Crippen LogP) is 1.89. The molecule has 4 aliphatic rings. The largest absolute Gasteiger partial charge is 0.481 e. The number of hydrogen-bond acceptors (Lipinski definition) is 4. The minimum absolute atomic E-state index is 0.0505. The summed E-state index contributed by atoms with van der Waals surface area (Å²) in [6.07, 6.45) is 5.45. The molecular formula is C25H38B4O5. The molecule has 0 saturated heterocycles. The second-order valence-corrected chi connectivity index (χ2v) is 12.7. The monoisotopic (exact) mass is 462 g/mol. The fourth-order valence-corrected chi connectivity index (χ4v) is 9.30. The summed E-state index contributed by atoms with van der Waals surface area (Å²) in [6.45, 7) is 4.51. The Labute approximate surface area is 209 Å². The number of aliphatic hydroxyl groups excluding tert-OH is 2. The van der Waals surface area contributed by atoms with E-state index in [1.807, 2.05) is 0 Å². The summed E-state index contributed by atoms with van der Waals surface area (Å²) in [7, 11) is 24.7. The first kappa shape index (κ1) is 26.7. The molecule has 8 radical (unpaired) electrons. The van der Waals surface area contributed by atoms with Crippen LogP contribution in [0.1, 0.15) is 78.1 Å². The van der Waals surface area contributed by atoms with Gasteiger partial charge in [-0.1, -0.05) is 13.8 Å². The Morgan fingerprint density at radius 2 is 1.65 bits per heavy atom. The first-order valence-corrected chi connectivity index (χ1v) is 13.1. The molecule has 5 nitrogen and oxygen atoms in total. The summed E-state index contributed by atoms with van der Waals surface area (Å²) in [5, 5.41) is 41.0. The summed E-state index contributed by atoms with van der Waals surface area (Å²) in [5.74, 6) is -1.45. The third-order valence-electron chi connectivity index (χ3n) is 11.0. The van der Waals surface area contributed by atoms with Gasteiger partial charge in [0.15, 0.2) is 0 Å². The molecular weight excluding hydrogens is 424 g/mol. The van der Waals surface area contributed by atoms with Crippen molar-refractivity contribution in [2.75, 3.05) is 0 Å². The Morgan fingerprint density at radius 3 is 2.26 bits per heavy atom. The van der Waals surface area contributed by atoms with Crippen molar-refractivity contribution in [3.63, 3.8) is 0 Å². The van der Waals surface area contributed by atoms with E-state index >= 15 is 0 Å². The van der Waals surface area contributed by atoms with Crippen LogP contribution in [0.3, 0.4) is 0 Å². The van der Waals surface area contributed by atoms with Gasteiger partial charge in [-0.25, -0.2) is 0 Å². The summed E-state index contributed by atoms with van der Waals surface area (Å²) in [6, 6.07) is 0. The zero-order valence-electron chi connectivity index (χ0n) is 20.7. The highest BCUT2D eigenvalue weighted by atomic mass is 16.4. The third-order valence-corrected chi connectivity index (χ3v) is 11.0. The zero-order valence-corrected chi connectivity index (χ0v) is 20.7. The number of carboxylic acids is 1. The van der Waals surface area contributed by atoms with Crippen molar-refractivity contribution in [1.82, 2.24) is 0 Å². The van der Waals surface area contributed by atoms with Crippen molar-refractivity contribution in [2.45, 2.75) is 101 Å². The number of hydrogen-bond donors (Lipinski definition) is 4. The van der Waals surface area contributed by atoms with Crippen LogP contribution in [-0.2, 0) is 4.79 Å². The molecule has 9 heteroatoms. The topological polar surface area (TPSA) is 98.0 Å². The van der Waals surface area contributed by atoms with Gasteiger partial charge in [-0.05, 0) is 98.2 Å². The second-order valence-electron chi connectivity index (χ2n) is 12.7. The van der Waals surface area contributed by atoms with E-state index in [4.69, 9.17) is 36.5 Å². The molecule has 4 aliphatic carbocycles. The predicted molar refractivity (Wildman–Crippen MR) is 134 cm³/mol. The molecule has 0 heterocycles. The van der Waals surface area contributed by atoms with Gasteiger partial charge in [-0.3, -0.25) is 4.79 Å². The van der Waals surface area contributed by atoms with Gasteiger partial charge in [0.25, 0.3) is 0 Å². The van der Waals surface area contributed by atoms with Crippen molar-refractivity contribution < 1.29 is 25.2 Å². The molecule has 0 amide bonds. The molecule has 0 aromatic carbocycles. The van der Waals surface area contributed by atoms with Gasteiger partial charge in [0.1, 0.15) is 7.85 Å². The van der Waals surface area contributed by atoms with E-state index in [1.165, 1.54) is 0 Å². The minimum atomic E-state index is -1.93. The first-order valence-electron chi connectivity index (χ1n) is 13.1. The molecule has 4 N–H and O–H groups in total. The van der Waals surface area contributed by atoms with E-state index in [1.54, 1.807) is 0 Å². The van der Waals surface area contributed by atoms with Crippen molar-refractivity contribution in [1.29, 1.82) is 0 Å². The summed E-state index contributed by atoms with van der Waals surface area (Å²) < 4.78 is 0. The Bertz CT molecular complexity index is 788. The molecule has 4 saturated carbocycles. The van der Waals surface area contributed by atoms with Crippen LogP contribution in [-0.4, -0.2) is 75.5 Å². The zero-order chi connectivity index (χ0) is 25.3. The number of aliphatic hydroxyl groups is 3. The van der Waals surface area contributed by atoms with E-state index in [-0.39, 0.29) is 40.9 Å². The van der Waals surface area contributed by atoms with Crippen molar-refractivity contribution in [3.8, 4) is 0 Å². The average Bonchev–Trinajstić information content (AvgIpc) is 3.04. The molecule has 4 fully saturated rings. The smallest absolute Gasteiger partial charge is 0.303 e. The molecule has 0 aromatic rings.